The van der Waals surface area contributed by atoms with Crippen molar-refractivity contribution in [3.63, 3.8) is 0 Å². The van der Waals surface area contributed by atoms with E-state index in [0.29, 0.717) is 6.42 Å². The van der Waals surface area contributed by atoms with Crippen molar-refractivity contribution in [3.8, 4) is 0 Å². The van der Waals surface area contributed by atoms with Gasteiger partial charge in [0.05, 0.1) is 17.2 Å². The topological polar surface area (TPSA) is 46.2 Å². The number of aliphatic hydroxyl groups excluding tert-OH is 1. The first-order valence-electron chi connectivity index (χ1n) is 4.56. The van der Waals surface area contributed by atoms with Crippen LogP contribution in [0.2, 0.25) is 10.0 Å². The third-order valence-electron chi connectivity index (χ3n) is 2.25. The Morgan fingerprint density at radius 3 is 2.38 bits per heavy atom. The molecule has 2 atom stereocenters. The Hall–Kier alpha value is -0.0600. The minimum atomic E-state index is -0.860. The second kappa shape index (κ2) is 6.62. The summed E-state index contributed by atoms with van der Waals surface area (Å²) in [6.45, 7) is 1.75. The van der Waals surface area contributed by atoms with Crippen LogP contribution in [0.15, 0.2) is 12.1 Å². The highest BCUT2D eigenvalue weighted by molar-refractivity contribution is 6.33. The number of halogens is 4. The van der Waals surface area contributed by atoms with E-state index in [-0.39, 0.29) is 28.0 Å². The summed E-state index contributed by atoms with van der Waals surface area (Å²) in [4.78, 5) is 0. The van der Waals surface area contributed by atoms with E-state index in [1.54, 1.807) is 6.92 Å². The summed E-state index contributed by atoms with van der Waals surface area (Å²) in [5, 5.41) is 9.66. The Bertz CT molecular complexity index is 362. The van der Waals surface area contributed by atoms with Crippen LogP contribution in [0.25, 0.3) is 0 Å². The van der Waals surface area contributed by atoms with Crippen LogP contribution >= 0.6 is 35.6 Å². The SMILES string of the molecule is CC[C@H](O)[C@H](N)c1c(Cl)ccc(Cl)c1F.Cl. The molecule has 1 aromatic carbocycles. The molecule has 0 radical (unpaired) electrons. The average Bonchev–Trinajstić information content (AvgIpc) is 2.22. The molecule has 0 amide bonds. The zero-order valence-electron chi connectivity index (χ0n) is 8.58. The Labute approximate surface area is 110 Å². The number of rotatable bonds is 3. The zero-order valence-corrected chi connectivity index (χ0v) is 10.9. The van der Waals surface area contributed by atoms with Crippen molar-refractivity contribution in [2.24, 2.45) is 5.73 Å². The van der Waals surface area contributed by atoms with E-state index >= 15 is 0 Å². The van der Waals surface area contributed by atoms with Crippen molar-refractivity contribution >= 4 is 35.6 Å². The van der Waals surface area contributed by atoms with Gasteiger partial charge < -0.3 is 10.8 Å². The molecule has 0 bridgehead atoms. The Morgan fingerprint density at radius 2 is 1.88 bits per heavy atom. The van der Waals surface area contributed by atoms with Crippen LogP contribution in [0, 0.1) is 5.82 Å². The molecule has 0 aromatic heterocycles. The third kappa shape index (κ3) is 3.22. The van der Waals surface area contributed by atoms with E-state index in [1.165, 1.54) is 12.1 Å². The van der Waals surface area contributed by atoms with Gasteiger partial charge in [-0.15, -0.1) is 12.4 Å². The molecule has 1 rings (SSSR count). The predicted molar refractivity (Wildman–Crippen MR) is 66.9 cm³/mol. The summed E-state index contributed by atoms with van der Waals surface area (Å²) < 4.78 is 13.6. The Morgan fingerprint density at radius 1 is 1.38 bits per heavy atom. The number of hydrogen-bond acceptors (Lipinski definition) is 2. The summed E-state index contributed by atoms with van der Waals surface area (Å²) in [6, 6.07) is 1.96. The van der Waals surface area contributed by atoms with Crippen molar-refractivity contribution in [3.05, 3.63) is 33.6 Å². The van der Waals surface area contributed by atoms with Crippen molar-refractivity contribution < 1.29 is 9.50 Å². The van der Waals surface area contributed by atoms with Gasteiger partial charge in [0.15, 0.2) is 0 Å². The van der Waals surface area contributed by atoms with Crippen molar-refractivity contribution in [2.45, 2.75) is 25.5 Å². The maximum Gasteiger partial charge on any atom is 0.148 e. The van der Waals surface area contributed by atoms with Gasteiger partial charge in [0.2, 0.25) is 0 Å². The lowest BCUT2D eigenvalue weighted by Crippen LogP contribution is -2.26. The molecule has 16 heavy (non-hydrogen) atoms. The van der Waals surface area contributed by atoms with E-state index in [4.69, 9.17) is 28.9 Å². The van der Waals surface area contributed by atoms with E-state index in [1.807, 2.05) is 0 Å². The number of benzene rings is 1. The van der Waals surface area contributed by atoms with Crippen LogP contribution in [-0.2, 0) is 0 Å². The van der Waals surface area contributed by atoms with E-state index in [2.05, 4.69) is 0 Å². The summed E-state index contributed by atoms with van der Waals surface area (Å²) in [7, 11) is 0. The van der Waals surface area contributed by atoms with Gasteiger partial charge in [-0.25, -0.2) is 4.39 Å². The fourth-order valence-electron chi connectivity index (χ4n) is 1.29. The first-order chi connectivity index (χ1) is 6.99. The molecule has 0 aliphatic heterocycles. The maximum atomic E-state index is 13.6. The Balaban J connectivity index is 0.00000225. The highest BCUT2D eigenvalue weighted by atomic mass is 35.5. The zero-order chi connectivity index (χ0) is 11.6. The molecule has 0 saturated heterocycles. The lowest BCUT2D eigenvalue weighted by Gasteiger charge is -2.19. The second-order valence-corrected chi connectivity index (χ2v) is 4.07. The van der Waals surface area contributed by atoms with Gasteiger partial charge in [0.25, 0.3) is 0 Å². The van der Waals surface area contributed by atoms with E-state index in [0.717, 1.165) is 0 Å². The quantitative estimate of drug-likeness (QED) is 0.838. The molecule has 0 aliphatic carbocycles. The standard InChI is InChI=1S/C10H12Cl2FNO.ClH/c1-2-7(15)10(14)8-5(11)3-4-6(12)9(8)13;/h3-4,7,10,15H,2,14H2,1H3;1H/t7-,10-;/m0./s1. The lowest BCUT2D eigenvalue weighted by molar-refractivity contribution is 0.139. The van der Waals surface area contributed by atoms with Crippen LogP contribution in [0.5, 0.6) is 0 Å². The summed E-state index contributed by atoms with van der Waals surface area (Å²) in [5.74, 6) is -0.663. The van der Waals surface area contributed by atoms with Crippen LogP contribution in [0.1, 0.15) is 24.9 Å². The lowest BCUT2D eigenvalue weighted by atomic mass is 10.00. The number of aliphatic hydroxyl groups is 1. The largest absolute Gasteiger partial charge is 0.391 e. The number of nitrogens with two attached hydrogens (primary N) is 1. The van der Waals surface area contributed by atoms with Crippen LogP contribution in [0.3, 0.4) is 0 Å². The van der Waals surface area contributed by atoms with Crippen molar-refractivity contribution in [1.29, 1.82) is 0 Å². The third-order valence-corrected chi connectivity index (χ3v) is 2.87. The predicted octanol–water partition coefficient (Wildman–Crippen LogP) is 3.33. The van der Waals surface area contributed by atoms with Crippen molar-refractivity contribution in [1.82, 2.24) is 0 Å². The van der Waals surface area contributed by atoms with Gasteiger partial charge in [0, 0.05) is 10.6 Å². The molecule has 1 aromatic rings. The normalized spacial score (nSPS) is 14.1. The fraction of sp³-hybridized carbons (Fsp3) is 0.400. The summed E-state index contributed by atoms with van der Waals surface area (Å²) in [5.41, 5.74) is 5.75. The van der Waals surface area contributed by atoms with Gasteiger partial charge in [-0.2, -0.15) is 0 Å². The molecule has 0 unspecified atom stereocenters. The van der Waals surface area contributed by atoms with Crippen LogP contribution in [0.4, 0.5) is 4.39 Å². The molecule has 0 fully saturated rings. The molecule has 0 heterocycles. The monoisotopic (exact) mass is 287 g/mol. The first-order valence-corrected chi connectivity index (χ1v) is 5.31. The van der Waals surface area contributed by atoms with Gasteiger partial charge >= 0.3 is 0 Å². The number of hydrogen-bond donors (Lipinski definition) is 2. The molecular weight excluding hydrogens is 275 g/mol. The minimum Gasteiger partial charge on any atom is -0.391 e. The molecule has 3 N–H and O–H groups in total. The van der Waals surface area contributed by atoms with E-state index in [9.17, 15) is 9.50 Å². The summed E-state index contributed by atoms with van der Waals surface area (Å²) in [6.07, 6.45) is -0.417. The molecular formula is C10H13Cl3FNO. The Kier molecular flexibility index (Phi) is 6.60. The van der Waals surface area contributed by atoms with Gasteiger partial charge in [0.1, 0.15) is 5.82 Å². The highest BCUT2D eigenvalue weighted by Crippen LogP contribution is 2.31. The van der Waals surface area contributed by atoms with Crippen LogP contribution < -0.4 is 5.73 Å². The molecule has 0 saturated carbocycles. The average molecular weight is 289 g/mol. The second-order valence-electron chi connectivity index (χ2n) is 3.26. The van der Waals surface area contributed by atoms with Gasteiger partial charge in [-0.3, -0.25) is 0 Å². The molecule has 2 nitrogen and oxygen atoms in total. The van der Waals surface area contributed by atoms with Gasteiger partial charge in [-0.05, 0) is 18.6 Å². The smallest absolute Gasteiger partial charge is 0.148 e. The van der Waals surface area contributed by atoms with Crippen LogP contribution in [-0.4, -0.2) is 11.2 Å². The maximum absolute atomic E-state index is 13.6. The van der Waals surface area contributed by atoms with Gasteiger partial charge in [-0.1, -0.05) is 30.1 Å². The molecule has 92 valence electrons. The molecule has 0 aliphatic rings. The van der Waals surface area contributed by atoms with Crippen molar-refractivity contribution in [2.75, 3.05) is 0 Å². The fourth-order valence-corrected chi connectivity index (χ4v) is 1.73. The van der Waals surface area contributed by atoms with E-state index < -0.39 is 18.0 Å². The molecule has 0 spiro atoms. The minimum absolute atomic E-state index is 0. The first kappa shape index (κ1) is 15.9. The summed E-state index contributed by atoms with van der Waals surface area (Å²) >= 11 is 11.4. The highest BCUT2D eigenvalue weighted by Gasteiger charge is 2.22. The molecule has 6 heteroatoms.